The molecule has 1 atom stereocenters. The van der Waals surface area contributed by atoms with Crippen LogP contribution in [0.15, 0.2) is 18.2 Å². The van der Waals surface area contributed by atoms with Crippen LogP contribution in [-0.2, 0) is 9.59 Å². The van der Waals surface area contributed by atoms with E-state index in [1.165, 1.54) is 11.3 Å². The topological polar surface area (TPSA) is 80.8 Å². The summed E-state index contributed by atoms with van der Waals surface area (Å²) < 4.78 is 11.2. The fraction of sp³-hybridized carbons (Fsp3) is 0.450. The van der Waals surface area contributed by atoms with Crippen LogP contribution in [-0.4, -0.2) is 47.5 Å². The van der Waals surface area contributed by atoms with Gasteiger partial charge in [0, 0.05) is 29.4 Å². The normalized spacial score (nSPS) is 18.6. The van der Waals surface area contributed by atoms with E-state index in [2.05, 4.69) is 10.3 Å². The number of anilines is 1. The fourth-order valence-electron chi connectivity index (χ4n) is 3.52. The number of carbonyl (C=O) groups is 2. The van der Waals surface area contributed by atoms with Crippen molar-refractivity contribution in [1.29, 1.82) is 0 Å². The summed E-state index contributed by atoms with van der Waals surface area (Å²) in [5.74, 6) is 0.982. The van der Waals surface area contributed by atoms with Crippen LogP contribution in [0.4, 0.5) is 5.13 Å². The molecule has 0 bridgehead atoms. The molecule has 4 rings (SSSR count). The Balaban J connectivity index is 1.49. The lowest BCUT2D eigenvalue weighted by atomic mass is 10.1. The number of nitrogens with one attached hydrogen (secondary N) is 1. The number of rotatable bonds is 4. The molecule has 1 N–H and O–H groups in total. The Morgan fingerprint density at radius 2 is 2.04 bits per heavy atom. The second kappa shape index (κ2) is 7.43. The predicted molar refractivity (Wildman–Crippen MR) is 107 cm³/mol. The number of aromatic nitrogens is 1. The first-order valence-electron chi connectivity index (χ1n) is 9.40. The van der Waals surface area contributed by atoms with Gasteiger partial charge in [-0.15, -0.1) is 11.3 Å². The van der Waals surface area contributed by atoms with Crippen molar-refractivity contribution in [3.8, 4) is 22.8 Å². The molecule has 0 aliphatic carbocycles. The third-order valence-corrected chi connectivity index (χ3v) is 5.88. The third-order valence-electron chi connectivity index (χ3n) is 4.99. The molecule has 8 heteroatoms. The minimum absolute atomic E-state index is 0.0300. The molecular weight excluding hydrogens is 378 g/mol. The molecule has 0 radical (unpaired) electrons. The zero-order chi connectivity index (χ0) is 19.8. The van der Waals surface area contributed by atoms with Gasteiger partial charge in [0.2, 0.25) is 11.8 Å². The van der Waals surface area contributed by atoms with Gasteiger partial charge in [0.15, 0.2) is 16.6 Å². The van der Waals surface area contributed by atoms with Gasteiger partial charge in [0.1, 0.15) is 13.2 Å². The van der Waals surface area contributed by atoms with Gasteiger partial charge in [-0.2, -0.15) is 0 Å². The average Bonchev–Trinajstić information content (AvgIpc) is 3.24. The number of thiazole rings is 1. The van der Waals surface area contributed by atoms with Crippen LogP contribution < -0.4 is 14.8 Å². The first-order chi connectivity index (χ1) is 13.4. The highest BCUT2D eigenvalue weighted by Crippen LogP contribution is 2.37. The Bertz CT molecular complexity index is 924. The molecule has 148 valence electrons. The maximum absolute atomic E-state index is 12.6. The van der Waals surface area contributed by atoms with Gasteiger partial charge in [-0.1, -0.05) is 0 Å². The van der Waals surface area contributed by atoms with E-state index in [0.29, 0.717) is 30.6 Å². The summed E-state index contributed by atoms with van der Waals surface area (Å²) in [6.45, 7) is 7.43. The first-order valence-corrected chi connectivity index (χ1v) is 10.2. The largest absolute Gasteiger partial charge is 0.486 e. The fourth-order valence-corrected chi connectivity index (χ4v) is 4.36. The Labute approximate surface area is 167 Å². The van der Waals surface area contributed by atoms with Crippen molar-refractivity contribution in [3.05, 3.63) is 23.1 Å². The summed E-state index contributed by atoms with van der Waals surface area (Å²) in [4.78, 5) is 32.0. The van der Waals surface area contributed by atoms with E-state index in [0.717, 1.165) is 21.9 Å². The number of ether oxygens (including phenoxy) is 2. The van der Waals surface area contributed by atoms with E-state index in [4.69, 9.17) is 9.47 Å². The maximum Gasteiger partial charge on any atom is 0.231 e. The highest BCUT2D eigenvalue weighted by Gasteiger charge is 2.35. The molecule has 2 aliphatic rings. The first kappa shape index (κ1) is 18.7. The van der Waals surface area contributed by atoms with E-state index in [9.17, 15) is 9.59 Å². The smallest absolute Gasteiger partial charge is 0.231 e. The molecule has 3 heterocycles. The van der Waals surface area contributed by atoms with E-state index in [1.807, 2.05) is 39.0 Å². The minimum atomic E-state index is -0.336. The molecular formula is C20H23N3O4S. The molecule has 1 aromatic heterocycles. The summed E-state index contributed by atoms with van der Waals surface area (Å²) in [5, 5.41) is 3.44. The third kappa shape index (κ3) is 3.56. The number of nitrogens with zero attached hydrogens (tertiary/aromatic N) is 2. The van der Waals surface area contributed by atoms with E-state index >= 15 is 0 Å². The Morgan fingerprint density at radius 3 is 2.75 bits per heavy atom. The molecule has 2 aliphatic heterocycles. The number of aryl methyl sites for hydroxylation is 1. The van der Waals surface area contributed by atoms with Crippen LogP contribution in [0, 0.1) is 12.8 Å². The summed E-state index contributed by atoms with van der Waals surface area (Å²) in [6.07, 6.45) is 0.253. The predicted octanol–water partition coefficient (Wildman–Crippen LogP) is 3.09. The van der Waals surface area contributed by atoms with Gasteiger partial charge in [0.25, 0.3) is 0 Å². The van der Waals surface area contributed by atoms with Crippen molar-refractivity contribution in [2.24, 2.45) is 5.92 Å². The Kier molecular flexibility index (Phi) is 4.97. The monoisotopic (exact) mass is 401 g/mol. The van der Waals surface area contributed by atoms with Crippen LogP contribution in [0.25, 0.3) is 11.3 Å². The number of fused-ring (bicyclic) bond motifs is 1. The Morgan fingerprint density at radius 1 is 1.29 bits per heavy atom. The quantitative estimate of drug-likeness (QED) is 0.852. The molecule has 7 nitrogen and oxygen atoms in total. The minimum Gasteiger partial charge on any atom is -0.486 e. The number of carbonyl (C=O) groups excluding carboxylic acids is 2. The zero-order valence-corrected chi connectivity index (χ0v) is 17.0. The SMILES string of the molecule is Cc1sc(NC(=O)[C@@H]2CC(=O)N(C(C)C)C2)nc1-c1ccc2c(c1)OCCO2. The van der Waals surface area contributed by atoms with Crippen LogP contribution in [0.2, 0.25) is 0 Å². The second-order valence-electron chi connectivity index (χ2n) is 7.31. The number of amides is 2. The van der Waals surface area contributed by atoms with E-state index in [1.54, 1.807) is 4.90 Å². The van der Waals surface area contributed by atoms with Crippen LogP contribution in [0.5, 0.6) is 11.5 Å². The van der Waals surface area contributed by atoms with Gasteiger partial charge in [-0.3, -0.25) is 9.59 Å². The zero-order valence-electron chi connectivity index (χ0n) is 16.2. The molecule has 1 aromatic carbocycles. The molecule has 0 saturated carbocycles. The van der Waals surface area contributed by atoms with Crippen molar-refractivity contribution >= 4 is 28.3 Å². The van der Waals surface area contributed by atoms with E-state index in [-0.39, 0.29) is 30.2 Å². The van der Waals surface area contributed by atoms with Crippen molar-refractivity contribution in [2.45, 2.75) is 33.2 Å². The van der Waals surface area contributed by atoms with Gasteiger partial charge in [-0.05, 0) is 39.0 Å². The molecule has 0 unspecified atom stereocenters. The lowest BCUT2D eigenvalue weighted by molar-refractivity contribution is -0.129. The van der Waals surface area contributed by atoms with E-state index < -0.39 is 0 Å². The van der Waals surface area contributed by atoms with Crippen LogP contribution in [0.1, 0.15) is 25.1 Å². The van der Waals surface area contributed by atoms with Crippen LogP contribution in [0.3, 0.4) is 0 Å². The number of hydrogen-bond acceptors (Lipinski definition) is 6. The molecule has 2 amide bonds. The summed E-state index contributed by atoms with van der Waals surface area (Å²) >= 11 is 1.43. The molecule has 1 fully saturated rings. The van der Waals surface area contributed by atoms with Crippen LogP contribution >= 0.6 is 11.3 Å². The summed E-state index contributed by atoms with van der Waals surface area (Å²) in [7, 11) is 0. The van der Waals surface area contributed by atoms with Crippen molar-refractivity contribution in [2.75, 3.05) is 25.1 Å². The standard InChI is InChI=1S/C20H23N3O4S/c1-11(2)23-10-14(9-17(23)24)19(25)22-20-21-18(12(3)28-20)13-4-5-15-16(8-13)27-7-6-26-15/h4-5,8,11,14H,6-7,9-10H2,1-3H3,(H,21,22,25)/t14-/m1/s1. The van der Waals surface area contributed by atoms with Gasteiger partial charge in [0.05, 0.1) is 11.6 Å². The lowest BCUT2D eigenvalue weighted by Crippen LogP contribution is -2.33. The highest BCUT2D eigenvalue weighted by molar-refractivity contribution is 7.16. The highest BCUT2D eigenvalue weighted by atomic mass is 32.1. The molecule has 1 saturated heterocycles. The summed E-state index contributed by atoms with van der Waals surface area (Å²) in [5.41, 5.74) is 1.73. The number of benzene rings is 1. The lowest BCUT2D eigenvalue weighted by Gasteiger charge is -2.20. The number of likely N-dealkylation sites (tertiary alicyclic amines) is 1. The summed E-state index contributed by atoms with van der Waals surface area (Å²) in [6, 6.07) is 5.84. The van der Waals surface area contributed by atoms with Gasteiger partial charge in [-0.25, -0.2) is 4.98 Å². The molecule has 0 spiro atoms. The average molecular weight is 401 g/mol. The number of hydrogen-bond donors (Lipinski definition) is 1. The van der Waals surface area contributed by atoms with Crippen molar-refractivity contribution < 1.29 is 19.1 Å². The van der Waals surface area contributed by atoms with Crippen molar-refractivity contribution in [3.63, 3.8) is 0 Å². The van der Waals surface area contributed by atoms with Crippen molar-refractivity contribution in [1.82, 2.24) is 9.88 Å². The molecule has 2 aromatic rings. The second-order valence-corrected chi connectivity index (χ2v) is 8.52. The van der Waals surface area contributed by atoms with Gasteiger partial charge < -0.3 is 19.7 Å². The maximum atomic E-state index is 12.6. The van der Waals surface area contributed by atoms with Gasteiger partial charge >= 0.3 is 0 Å². The Hall–Kier alpha value is -2.61. The molecule has 28 heavy (non-hydrogen) atoms.